The first kappa shape index (κ1) is 24.5. The Labute approximate surface area is 200 Å². The molecule has 0 saturated heterocycles. The van der Waals surface area contributed by atoms with Gasteiger partial charge in [0.05, 0.1) is 10.6 Å². The number of nitrogens with one attached hydrogen (secondary N) is 1. The molecule has 0 aliphatic heterocycles. The van der Waals surface area contributed by atoms with Crippen molar-refractivity contribution in [1.29, 1.82) is 5.26 Å². The van der Waals surface area contributed by atoms with Crippen LogP contribution in [-0.4, -0.2) is 30.1 Å². The van der Waals surface area contributed by atoms with Crippen molar-refractivity contribution in [3.8, 4) is 11.8 Å². The van der Waals surface area contributed by atoms with Crippen LogP contribution in [-0.2, 0) is 6.42 Å². The highest BCUT2D eigenvalue weighted by Gasteiger charge is 2.64. The predicted octanol–water partition coefficient (Wildman–Crippen LogP) is 6.04. The van der Waals surface area contributed by atoms with Gasteiger partial charge < -0.3 is 10.1 Å². The topological polar surface area (TPSA) is 62.1 Å². The van der Waals surface area contributed by atoms with E-state index in [0.29, 0.717) is 21.9 Å². The third-order valence-corrected chi connectivity index (χ3v) is 7.73. The van der Waals surface area contributed by atoms with E-state index in [1.54, 1.807) is 12.1 Å². The van der Waals surface area contributed by atoms with Crippen molar-refractivity contribution in [2.75, 3.05) is 12.0 Å². The number of carbonyl (C=O) groups excluding carboxylic acids is 1. The van der Waals surface area contributed by atoms with Gasteiger partial charge in [-0.1, -0.05) is 51.4 Å². The Morgan fingerprint density at radius 1 is 1.16 bits per heavy atom. The van der Waals surface area contributed by atoms with E-state index in [4.69, 9.17) is 16.3 Å². The molecular formula is C26H31ClN2O2S. The standard InChI is InChI=1S/C26H31ClN2O2S/c1-16-20(12-11-19(15-28)21(16)27)31-24-25(2,3)23(26(24,4)5)29-22(30)18-9-7-17(8-10-18)13-14-32-6/h7-12,23-24H,13-14H2,1-6H3,(H,29,30). The smallest absolute Gasteiger partial charge is 0.251 e. The number of nitriles is 1. The summed E-state index contributed by atoms with van der Waals surface area (Å²) in [5.41, 5.74) is 2.53. The summed E-state index contributed by atoms with van der Waals surface area (Å²) in [7, 11) is 0. The lowest BCUT2D eigenvalue weighted by molar-refractivity contribution is -0.164. The lowest BCUT2D eigenvalue weighted by Crippen LogP contribution is -2.74. The van der Waals surface area contributed by atoms with Crippen LogP contribution in [0, 0.1) is 29.1 Å². The number of ether oxygens (including phenoxy) is 1. The number of thioether (sulfide) groups is 1. The highest BCUT2D eigenvalue weighted by atomic mass is 35.5. The second kappa shape index (κ2) is 9.37. The molecule has 2 aromatic carbocycles. The number of hydrogen-bond donors (Lipinski definition) is 1. The van der Waals surface area contributed by atoms with E-state index in [-0.39, 0.29) is 28.9 Å². The van der Waals surface area contributed by atoms with Gasteiger partial charge in [0.2, 0.25) is 0 Å². The van der Waals surface area contributed by atoms with E-state index in [2.05, 4.69) is 45.3 Å². The number of carbonyl (C=O) groups is 1. The minimum Gasteiger partial charge on any atom is -0.489 e. The number of amides is 1. The fraction of sp³-hybridized carbons (Fsp3) is 0.462. The van der Waals surface area contributed by atoms with Gasteiger partial charge in [0.15, 0.2) is 0 Å². The van der Waals surface area contributed by atoms with Crippen LogP contribution in [0.25, 0.3) is 0 Å². The van der Waals surface area contributed by atoms with Crippen molar-refractivity contribution < 1.29 is 9.53 Å². The Morgan fingerprint density at radius 2 is 1.78 bits per heavy atom. The molecule has 0 atom stereocenters. The molecule has 1 aliphatic rings. The number of hydrogen-bond acceptors (Lipinski definition) is 4. The van der Waals surface area contributed by atoms with Crippen molar-refractivity contribution in [2.45, 2.75) is 53.2 Å². The fourth-order valence-corrected chi connectivity index (χ4v) is 5.70. The van der Waals surface area contributed by atoms with Crippen molar-refractivity contribution in [3.05, 3.63) is 63.7 Å². The summed E-state index contributed by atoms with van der Waals surface area (Å²) in [5, 5.41) is 12.9. The quantitative estimate of drug-likeness (QED) is 0.536. The summed E-state index contributed by atoms with van der Waals surface area (Å²) >= 11 is 8.15. The van der Waals surface area contributed by atoms with Gasteiger partial charge in [0.25, 0.3) is 5.91 Å². The molecule has 1 saturated carbocycles. The van der Waals surface area contributed by atoms with Gasteiger partial charge in [-0.05, 0) is 55.2 Å². The maximum absolute atomic E-state index is 13.0. The molecule has 1 amide bonds. The van der Waals surface area contributed by atoms with Crippen molar-refractivity contribution in [1.82, 2.24) is 5.32 Å². The van der Waals surface area contributed by atoms with Crippen LogP contribution in [0.2, 0.25) is 5.02 Å². The van der Waals surface area contributed by atoms with Crippen LogP contribution in [0.15, 0.2) is 36.4 Å². The average molecular weight is 471 g/mol. The molecule has 0 heterocycles. The van der Waals surface area contributed by atoms with Gasteiger partial charge in [-0.25, -0.2) is 0 Å². The van der Waals surface area contributed by atoms with E-state index < -0.39 is 0 Å². The third-order valence-electron chi connectivity index (χ3n) is 6.63. The van der Waals surface area contributed by atoms with Crippen LogP contribution in [0.4, 0.5) is 0 Å². The Balaban J connectivity index is 1.73. The highest BCUT2D eigenvalue weighted by molar-refractivity contribution is 7.98. The summed E-state index contributed by atoms with van der Waals surface area (Å²) in [6.45, 7) is 10.3. The van der Waals surface area contributed by atoms with Crippen molar-refractivity contribution in [2.24, 2.45) is 10.8 Å². The van der Waals surface area contributed by atoms with Gasteiger partial charge in [0.1, 0.15) is 17.9 Å². The predicted molar refractivity (Wildman–Crippen MR) is 133 cm³/mol. The Morgan fingerprint density at radius 3 is 2.34 bits per heavy atom. The lowest BCUT2D eigenvalue weighted by Gasteiger charge is -2.63. The molecule has 4 nitrogen and oxygen atoms in total. The maximum Gasteiger partial charge on any atom is 0.251 e. The zero-order valence-corrected chi connectivity index (χ0v) is 21.2. The molecular weight excluding hydrogens is 440 g/mol. The first-order chi connectivity index (χ1) is 15.0. The van der Waals surface area contributed by atoms with Gasteiger partial charge in [-0.15, -0.1) is 0 Å². The van der Waals surface area contributed by atoms with Crippen LogP contribution >= 0.6 is 23.4 Å². The molecule has 2 aromatic rings. The molecule has 6 heteroatoms. The van der Waals surface area contributed by atoms with Gasteiger partial charge >= 0.3 is 0 Å². The zero-order valence-electron chi connectivity index (χ0n) is 19.6. The molecule has 1 aliphatic carbocycles. The summed E-state index contributed by atoms with van der Waals surface area (Å²) in [6, 6.07) is 13.4. The minimum absolute atomic E-state index is 0.0576. The van der Waals surface area contributed by atoms with Gasteiger partial charge in [0, 0.05) is 28.0 Å². The van der Waals surface area contributed by atoms with Crippen LogP contribution in [0.1, 0.15) is 54.7 Å². The minimum atomic E-state index is -0.287. The Kier molecular flexibility index (Phi) is 7.17. The molecule has 0 unspecified atom stereocenters. The molecule has 0 spiro atoms. The Bertz CT molecular complexity index is 1030. The van der Waals surface area contributed by atoms with Gasteiger partial charge in [-0.2, -0.15) is 17.0 Å². The number of aryl methyl sites for hydroxylation is 1. The number of nitrogens with zero attached hydrogens (tertiary/aromatic N) is 1. The summed E-state index contributed by atoms with van der Waals surface area (Å²) < 4.78 is 6.42. The van der Waals surface area contributed by atoms with Crippen LogP contribution in [0.3, 0.4) is 0 Å². The molecule has 0 aromatic heterocycles. The SMILES string of the molecule is CSCCc1ccc(C(=O)NC2C(C)(C)C(Oc3ccc(C#N)c(Cl)c3C)C2(C)C)cc1. The molecule has 1 N–H and O–H groups in total. The first-order valence-corrected chi connectivity index (χ1v) is 12.6. The average Bonchev–Trinajstić information content (AvgIpc) is 2.76. The largest absolute Gasteiger partial charge is 0.489 e. The molecule has 0 radical (unpaired) electrons. The Hall–Kier alpha value is -2.16. The van der Waals surface area contributed by atoms with Crippen molar-refractivity contribution >= 4 is 29.3 Å². The molecule has 3 rings (SSSR count). The summed E-state index contributed by atoms with van der Waals surface area (Å²) in [5.74, 6) is 1.68. The second-order valence-electron chi connectivity index (χ2n) is 9.65. The number of benzene rings is 2. The fourth-order valence-electron chi connectivity index (χ4n) is 5.07. The number of halogens is 1. The summed E-state index contributed by atoms with van der Waals surface area (Å²) in [6.07, 6.45) is 2.97. The third kappa shape index (κ3) is 4.49. The molecule has 170 valence electrons. The molecule has 0 bridgehead atoms. The second-order valence-corrected chi connectivity index (χ2v) is 11.0. The zero-order chi connectivity index (χ0) is 23.7. The van der Waals surface area contributed by atoms with Gasteiger partial charge in [-0.3, -0.25) is 4.79 Å². The number of rotatable bonds is 7. The van der Waals surface area contributed by atoms with Crippen molar-refractivity contribution in [3.63, 3.8) is 0 Å². The lowest BCUT2D eigenvalue weighted by atomic mass is 9.49. The monoisotopic (exact) mass is 470 g/mol. The normalized spacial score (nSPS) is 20.7. The van der Waals surface area contributed by atoms with Crippen LogP contribution in [0.5, 0.6) is 5.75 Å². The highest BCUT2D eigenvalue weighted by Crippen LogP contribution is 2.56. The molecule has 1 fully saturated rings. The maximum atomic E-state index is 13.0. The molecule has 32 heavy (non-hydrogen) atoms. The first-order valence-electron chi connectivity index (χ1n) is 10.8. The van der Waals surface area contributed by atoms with E-state index in [1.807, 2.05) is 43.0 Å². The van der Waals surface area contributed by atoms with E-state index in [1.165, 1.54) is 5.56 Å². The van der Waals surface area contributed by atoms with E-state index in [0.717, 1.165) is 17.7 Å². The van der Waals surface area contributed by atoms with E-state index >= 15 is 0 Å². The van der Waals surface area contributed by atoms with E-state index in [9.17, 15) is 10.1 Å². The van der Waals surface area contributed by atoms with Crippen LogP contribution < -0.4 is 10.1 Å². The summed E-state index contributed by atoms with van der Waals surface area (Å²) in [4.78, 5) is 13.0.